The van der Waals surface area contributed by atoms with Gasteiger partial charge in [-0.05, 0) is 39.3 Å². The third kappa shape index (κ3) is 3.34. The molecule has 1 aromatic rings. The molecule has 1 heterocycles. The highest BCUT2D eigenvalue weighted by atomic mass is 15.0. The van der Waals surface area contributed by atoms with Crippen LogP contribution in [-0.2, 0) is 0 Å². The number of pyridine rings is 1. The van der Waals surface area contributed by atoms with E-state index in [0.717, 1.165) is 11.4 Å². The van der Waals surface area contributed by atoms with E-state index < -0.39 is 0 Å². The molecule has 0 spiro atoms. The summed E-state index contributed by atoms with van der Waals surface area (Å²) in [5.74, 6) is 0.891. The highest BCUT2D eigenvalue weighted by Crippen LogP contribution is 2.14. The van der Waals surface area contributed by atoms with Crippen molar-refractivity contribution in [3.05, 3.63) is 23.9 Å². The largest absolute Gasteiger partial charge is 0.365 e. The first-order valence-corrected chi connectivity index (χ1v) is 4.88. The minimum absolute atomic E-state index is 0.0445. The molecule has 0 fully saturated rings. The van der Waals surface area contributed by atoms with Crippen LogP contribution in [-0.4, -0.2) is 10.5 Å². The van der Waals surface area contributed by atoms with Gasteiger partial charge < -0.3 is 11.1 Å². The Morgan fingerprint density at radius 1 is 1.36 bits per heavy atom. The second-order valence-electron chi connectivity index (χ2n) is 4.64. The molecule has 3 N–H and O–H groups in total. The SMILES string of the molecule is C[C@H](N)c1ccc(NC(C)(C)C)nc1. The molecule has 1 rings (SSSR count). The zero-order valence-electron chi connectivity index (χ0n) is 9.33. The molecule has 0 bridgehead atoms. The molecular weight excluding hydrogens is 174 g/mol. The van der Waals surface area contributed by atoms with E-state index in [2.05, 4.69) is 31.1 Å². The molecule has 0 saturated carbocycles. The fraction of sp³-hybridized carbons (Fsp3) is 0.545. The third-order valence-electron chi connectivity index (χ3n) is 1.82. The van der Waals surface area contributed by atoms with E-state index in [1.807, 2.05) is 25.3 Å². The summed E-state index contributed by atoms with van der Waals surface area (Å²) in [7, 11) is 0. The lowest BCUT2D eigenvalue weighted by Crippen LogP contribution is -2.26. The van der Waals surface area contributed by atoms with Crippen molar-refractivity contribution >= 4 is 5.82 Å². The average molecular weight is 193 g/mol. The summed E-state index contributed by atoms with van der Waals surface area (Å²) >= 11 is 0. The Morgan fingerprint density at radius 2 is 2.00 bits per heavy atom. The van der Waals surface area contributed by atoms with Gasteiger partial charge in [-0.25, -0.2) is 4.98 Å². The molecule has 1 atom stereocenters. The average Bonchev–Trinajstić information content (AvgIpc) is 2.02. The standard InChI is InChI=1S/C11H19N3/c1-8(12)9-5-6-10(13-7-9)14-11(2,3)4/h5-8H,12H2,1-4H3,(H,13,14)/t8-/m0/s1. The fourth-order valence-corrected chi connectivity index (χ4v) is 1.13. The minimum atomic E-state index is 0.0445. The van der Waals surface area contributed by atoms with Crippen LogP contribution in [0.3, 0.4) is 0 Å². The lowest BCUT2D eigenvalue weighted by Gasteiger charge is -2.21. The van der Waals surface area contributed by atoms with Gasteiger partial charge in [-0.3, -0.25) is 0 Å². The van der Waals surface area contributed by atoms with E-state index in [9.17, 15) is 0 Å². The molecule has 3 nitrogen and oxygen atoms in total. The minimum Gasteiger partial charge on any atom is -0.365 e. The van der Waals surface area contributed by atoms with Gasteiger partial charge >= 0.3 is 0 Å². The number of aromatic nitrogens is 1. The summed E-state index contributed by atoms with van der Waals surface area (Å²) in [6, 6.07) is 4.02. The van der Waals surface area contributed by atoms with Gasteiger partial charge in [0.15, 0.2) is 0 Å². The van der Waals surface area contributed by atoms with Crippen molar-refractivity contribution in [2.75, 3.05) is 5.32 Å². The van der Waals surface area contributed by atoms with Gasteiger partial charge in [0.05, 0.1) is 0 Å². The topological polar surface area (TPSA) is 50.9 Å². The van der Waals surface area contributed by atoms with Crippen LogP contribution in [0, 0.1) is 0 Å². The Morgan fingerprint density at radius 3 is 2.36 bits per heavy atom. The van der Waals surface area contributed by atoms with Crippen LogP contribution in [0.2, 0.25) is 0 Å². The monoisotopic (exact) mass is 193 g/mol. The quantitative estimate of drug-likeness (QED) is 0.757. The summed E-state index contributed by atoms with van der Waals surface area (Å²) in [4.78, 5) is 4.29. The van der Waals surface area contributed by atoms with Crippen molar-refractivity contribution in [2.45, 2.75) is 39.3 Å². The Bertz CT molecular complexity index is 282. The smallest absolute Gasteiger partial charge is 0.126 e. The molecule has 14 heavy (non-hydrogen) atoms. The molecule has 0 amide bonds. The van der Waals surface area contributed by atoms with Gasteiger partial charge in [0.25, 0.3) is 0 Å². The van der Waals surface area contributed by atoms with Crippen LogP contribution < -0.4 is 11.1 Å². The molecule has 0 saturated heterocycles. The molecule has 1 aromatic heterocycles. The van der Waals surface area contributed by atoms with E-state index in [1.54, 1.807) is 0 Å². The third-order valence-corrected chi connectivity index (χ3v) is 1.82. The summed E-state index contributed by atoms with van der Waals surface area (Å²) < 4.78 is 0. The van der Waals surface area contributed by atoms with Crippen molar-refractivity contribution in [1.29, 1.82) is 0 Å². The predicted molar refractivity (Wildman–Crippen MR) is 60.2 cm³/mol. The highest BCUT2D eigenvalue weighted by Gasteiger charge is 2.09. The maximum absolute atomic E-state index is 5.73. The Hall–Kier alpha value is -1.09. The summed E-state index contributed by atoms with van der Waals surface area (Å²) in [5, 5.41) is 3.30. The lowest BCUT2D eigenvalue weighted by atomic mass is 10.1. The van der Waals surface area contributed by atoms with Crippen LogP contribution in [0.25, 0.3) is 0 Å². The molecule has 0 unspecified atom stereocenters. The van der Waals surface area contributed by atoms with Gasteiger partial charge in [0.1, 0.15) is 5.82 Å². The maximum atomic E-state index is 5.73. The fourth-order valence-electron chi connectivity index (χ4n) is 1.13. The number of nitrogens with two attached hydrogens (primary N) is 1. The van der Waals surface area contributed by atoms with Crippen LogP contribution in [0.1, 0.15) is 39.3 Å². The van der Waals surface area contributed by atoms with Crippen molar-refractivity contribution in [1.82, 2.24) is 4.98 Å². The Kier molecular flexibility index (Phi) is 3.11. The van der Waals surface area contributed by atoms with E-state index in [1.165, 1.54) is 0 Å². The molecule has 0 radical (unpaired) electrons. The number of nitrogens with zero attached hydrogens (tertiary/aromatic N) is 1. The van der Waals surface area contributed by atoms with Crippen LogP contribution in [0.15, 0.2) is 18.3 Å². The molecule has 0 aliphatic rings. The van der Waals surface area contributed by atoms with E-state index >= 15 is 0 Å². The summed E-state index contributed by atoms with van der Waals surface area (Å²) in [6.45, 7) is 8.27. The second kappa shape index (κ2) is 3.96. The number of rotatable bonds is 2. The zero-order chi connectivity index (χ0) is 10.8. The van der Waals surface area contributed by atoms with Gasteiger partial charge in [0.2, 0.25) is 0 Å². The van der Waals surface area contributed by atoms with Crippen molar-refractivity contribution in [2.24, 2.45) is 5.73 Å². The van der Waals surface area contributed by atoms with Crippen molar-refractivity contribution < 1.29 is 0 Å². The van der Waals surface area contributed by atoms with E-state index in [4.69, 9.17) is 5.73 Å². The predicted octanol–water partition coefficient (Wildman–Crippen LogP) is 2.31. The maximum Gasteiger partial charge on any atom is 0.126 e. The Labute approximate surface area is 85.7 Å². The zero-order valence-corrected chi connectivity index (χ0v) is 9.33. The number of anilines is 1. The number of hydrogen-bond acceptors (Lipinski definition) is 3. The van der Waals surface area contributed by atoms with Crippen LogP contribution in [0.4, 0.5) is 5.82 Å². The number of hydrogen-bond donors (Lipinski definition) is 2. The van der Waals surface area contributed by atoms with E-state index in [-0.39, 0.29) is 11.6 Å². The molecule has 0 aliphatic heterocycles. The highest BCUT2D eigenvalue weighted by molar-refractivity contribution is 5.38. The van der Waals surface area contributed by atoms with Gasteiger partial charge in [0, 0.05) is 17.8 Å². The van der Waals surface area contributed by atoms with Crippen LogP contribution >= 0.6 is 0 Å². The van der Waals surface area contributed by atoms with E-state index in [0.29, 0.717) is 0 Å². The van der Waals surface area contributed by atoms with Gasteiger partial charge in [-0.2, -0.15) is 0 Å². The molecule has 3 heteroatoms. The van der Waals surface area contributed by atoms with Crippen molar-refractivity contribution in [3.8, 4) is 0 Å². The molecule has 78 valence electrons. The van der Waals surface area contributed by atoms with Gasteiger partial charge in [-0.15, -0.1) is 0 Å². The molecule has 0 aliphatic carbocycles. The first-order valence-electron chi connectivity index (χ1n) is 4.88. The summed E-state index contributed by atoms with van der Waals surface area (Å²) in [5.41, 5.74) is 6.83. The first-order chi connectivity index (χ1) is 6.38. The van der Waals surface area contributed by atoms with Crippen LogP contribution in [0.5, 0.6) is 0 Å². The van der Waals surface area contributed by atoms with Gasteiger partial charge in [-0.1, -0.05) is 6.07 Å². The number of nitrogens with one attached hydrogen (secondary N) is 1. The normalized spacial score (nSPS) is 13.8. The molecular formula is C11H19N3. The summed E-state index contributed by atoms with van der Waals surface area (Å²) in [6.07, 6.45) is 1.82. The Balaban J connectivity index is 2.74. The lowest BCUT2D eigenvalue weighted by molar-refractivity contribution is 0.630. The molecule has 0 aromatic carbocycles. The first kappa shape index (κ1) is 11.0. The second-order valence-corrected chi connectivity index (χ2v) is 4.64. The van der Waals surface area contributed by atoms with Crippen molar-refractivity contribution in [3.63, 3.8) is 0 Å².